The number of piperazine rings is 1. The van der Waals surface area contributed by atoms with Gasteiger partial charge in [-0.3, -0.25) is 4.90 Å². The van der Waals surface area contributed by atoms with E-state index in [1.165, 1.54) is 12.4 Å². The monoisotopic (exact) mass is 515 g/mol. The third kappa shape index (κ3) is 4.50. The number of hydrogen-bond acceptors (Lipinski definition) is 10. The molecule has 6 rings (SSSR count). The van der Waals surface area contributed by atoms with Gasteiger partial charge in [0, 0.05) is 44.0 Å². The van der Waals surface area contributed by atoms with Crippen LogP contribution in [-0.4, -0.2) is 70.5 Å². The molecular weight excluding hydrogens is 489 g/mol. The molecule has 1 aromatic carbocycles. The Hall–Kier alpha value is -4.58. The summed E-state index contributed by atoms with van der Waals surface area (Å²) in [6, 6.07) is 8.42. The van der Waals surface area contributed by atoms with Crippen LogP contribution in [0.3, 0.4) is 0 Å². The number of ether oxygens (including phenoxy) is 2. The van der Waals surface area contributed by atoms with E-state index in [0.29, 0.717) is 52.1 Å². The Bertz CT molecular complexity index is 1550. The highest BCUT2D eigenvalue weighted by Crippen LogP contribution is 2.37. The third-order valence-corrected chi connectivity index (χ3v) is 6.73. The van der Waals surface area contributed by atoms with Gasteiger partial charge in [0.2, 0.25) is 0 Å². The average molecular weight is 516 g/mol. The minimum atomic E-state index is -0.508. The second-order valence-corrected chi connectivity index (χ2v) is 9.24. The van der Waals surface area contributed by atoms with Crippen LogP contribution in [0.4, 0.5) is 27.5 Å². The van der Waals surface area contributed by atoms with E-state index in [-0.39, 0.29) is 11.7 Å². The lowest BCUT2D eigenvalue weighted by molar-refractivity contribution is 0.158. The summed E-state index contributed by atoms with van der Waals surface area (Å²) < 4.78 is 27.2. The minimum Gasteiger partial charge on any atom is -0.488 e. The molecule has 3 aromatic heterocycles. The van der Waals surface area contributed by atoms with Crippen LogP contribution in [-0.2, 0) is 0 Å². The number of fused-ring (bicyclic) bond motifs is 5. The number of rotatable bonds is 5. The fourth-order valence-corrected chi connectivity index (χ4v) is 4.62. The van der Waals surface area contributed by atoms with Gasteiger partial charge >= 0.3 is 0 Å². The van der Waals surface area contributed by atoms with Gasteiger partial charge in [-0.05, 0) is 31.7 Å². The molecule has 2 aliphatic rings. The smallest absolute Gasteiger partial charge is 0.172 e. The van der Waals surface area contributed by atoms with Gasteiger partial charge in [-0.2, -0.15) is 0 Å². The van der Waals surface area contributed by atoms with E-state index < -0.39 is 5.82 Å². The molecule has 1 atom stereocenters. The molecular formula is C26H26FN9O2. The Balaban J connectivity index is 1.30. The summed E-state index contributed by atoms with van der Waals surface area (Å²) in [6.07, 6.45) is 4.12. The largest absolute Gasteiger partial charge is 0.488 e. The molecule has 194 valence electrons. The van der Waals surface area contributed by atoms with Crippen LogP contribution < -0.4 is 25.4 Å². The summed E-state index contributed by atoms with van der Waals surface area (Å²) in [6.45, 7) is 5.00. The minimum absolute atomic E-state index is 0.241. The number of benzene rings is 1. The van der Waals surface area contributed by atoms with E-state index in [2.05, 4.69) is 42.1 Å². The first-order valence-corrected chi connectivity index (χ1v) is 12.2. The number of aromatic nitrogens is 4. The maximum Gasteiger partial charge on any atom is 0.172 e. The molecule has 3 N–H and O–H groups in total. The Labute approximate surface area is 218 Å². The molecule has 11 nitrogen and oxygen atoms in total. The summed E-state index contributed by atoms with van der Waals surface area (Å²) in [4.78, 5) is 26.2. The molecule has 5 heterocycles. The number of aryl methyl sites for hydroxylation is 1. The quantitative estimate of drug-likeness (QED) is 0.301. The molecule has 0 saturated carbocycles. The third-order valence-electron chi connectivity index (χ3n) is 6.73. The highest BCUT2D eigenvalue weighted by Gasteiger charge is 2.31. The Kier molecular flexibility index (Phi) is 6.08. The molecule has 0 aliphatic carbocycles. The van der Waals surface area contributed by atoms with E-state index in [1.807, 2.05) is 13.0 Å². The van der Waals surface area contributed by atoms with Crippen LogP contribution in [0, 0.1) is 12.7 Å². The van der Waals surface area contributed by atoms with Crippen molar-refractivity contribution in [2.45, 2.75) is 13.0 Å². The molecule has 0 radical (unpaired) electrons. The highest BCUT2D eigenvalue weighted by atomic mass is 19.1. The van der Waals surface area contributed by atoms with Gasteiger partial charge in [0.05, 0.1) is 23.6 Å². The molecule has 2 aliphatic heterocycles. The summed E-state index contributed by atoms with van der Waals surface area (Å²) in [7, 11) is 2.11. The zero-order valence-corrected chi connectivity index (χ0v) is 20.9. The highest BCUT2D eigenvalue weighted by molar-refractivity contribution is 5.90. The van der Waals surface area contributed by atoms with Crippen molar-refractivity contribution in [1.82, 2.24) is 24.8 Å². The SMILES string of the molecule is Cc1cc(Nc2ncnc3cc4c(nc23)N2CCN(C)[C@H](CO4)C2)c(F)cc1Oc1ccnc(N=CN)c1. The van der Waals surface area contributed by atoms with Gasteiger partial charge in [0.15, 0.2) is 23.2 Å². The van der Waals surface area contributed by atoms with Crippen LogP contribution in [0.2, 0.25) is 0 Å². The van der Waals surface area contributed by atoms with E-state index in [0.717, 1.165) is 31.8 Å². The van der Waals surface area contributed by atoms with Crippen molar-refractivity contribution < 1.29 is 13.9 Å². The van der Waals surface area contributed by atoms with Crippen LogP contribution in [0.25, 0.3) is 11.0 Å². The molecule has 1 saturated heterocycles. The second-order valence-electron chi connectivity index (χ2n) is 9.24. The molecule has 0 unspecified atom stereocenters. The normalized spacial score (nSPS) is 17.2. The summed E-state index contributed by atoms with van der Waals surface area (Å²) in [5.41, 5.74) is 7.44. The predicted octanol–water partition coefficient (Wildman–Crippen LogP) is 3.53. The standard InChI is InChI=1S/C26H26FN9O2/c1-15-7-19(18(27)9-21(15)38-17-3-4-29-23(8-17)30-13-28)33-25-24-20(31-14-32-25)10-22-26(34-24)36-6-5-35(2)16(11-36)12-37-22/h3-4,7-10,13-14,16H,5-6,11-12H2,1-2H3,(H2,28,29,30)(H,31,32,33)/t16-/m0/s1. The molecule has 4 aromatic rings. The van der Waals surface area contributed by atoms with Crippen molar-refractivity contribution >= 4 is 40.5 Å². The van der Waals surface area contributed by atoms with Gasteiger partial charge in [0.25, 0.3) is 0 Å². The number of nitrogens with one attached hydrogen (secondary N) is 1. The lowest BCUT2D eigenvalue weighted by Gasteiger charge is -2.37. The Morgan fingerprint density at radius 1 is 1.21 bits per heavy atom. The number of anilines is 3. The number of nitrogens with two attached hydrogens (primary N) is 1. The zero-order chi connectivity index (χ0) is 26.2. The summed E-state index contributed by atoms with van der Waals surface area (Å²) >= 11 is 0. The fraction of sp³-hybridized carbons (Fsp3) is 0.269. The van der Waals surface area contributed by atoms with Crippen molar-refractivity contribution in [3.8, 4) is 17.2 Å². The molecule has 1 fully saturated rings. The van der Waals surface area contributed by atoms with Crippen molar-refractivity contribution in [3.63, 3.8) is 0 Å². The van der Waals surface area contributed by atoms with E-state index in [4.69, 9.17) is 20.2 Å². The molecule has 38 heavy (non-hydrogen) atoms. The van der Waals surface area contributed by atoms with Crippen LogP contribution >= 0.6 is 0 Å². The summed E-state index contributed by atoms with van der Waals surface area (Å²) in [5.74, 6) is 2.55. The van der Waals surface area contributed by atoms with Crippen molar-refractivity contribution in [1.29, 1.82) is 0 Å². The molecule has 0 amide bonds. The lowest BCUT2D eigenvalue weighted by Crippen LogP contribution is -2.52. The number of likely N-dealkylation sites (N-methyl/N-ethyl adjacent to an activating group) is 1. The second kappa shape index (κ2) is 9.71. The first kappa shape index (κ1) is 23.8. The van der Waals surface area contributed by atoms with Crippen LogP contribution in [0.15, 0.2) is 47.8 Å². The number of halogens is 1. The molecule has 2 bridgehead atoms. The van der Waals surface area contributed by atoms with Crippen LogP contribution in [0.1, 0.15) is 5.56 Å². The average Bonchev–Trinajstić information content (AvgIpc) is 3.05. The number of hydrogen-bond donors (Lipinski definition) is 2. The Morgan fingerprint density at radius 3 is 2.97 bits per heavy atom. The predicted molar refractivity (Wildman–Crippen MR) is 143 cm³/mol. The molecule has 0 spiro atoms. The zero-order valence-electron chi connectivity index (χ0n) is 20.9. The maximum absolute atomic E-state index is 15.3. The fourth-order valence-electron chi connectivity index (χ4n) is 4.62. The number of nitrogens with zero attached hydrogens (tertiary/aromatic N) is 7. The van der Waals surface area contributed by atoms with Crippen molar-refractivity contribution in [2.24, 2.45) is 10.7 Å². The van der Waals surface area contributed by atoms with E-state index in [1.54, 1.807) is 24.4 Å². The number of pyridine rings is 2. The van der Waals surface area contributed by atoms with Crippen molar-refractivity contribution in [3.05, 3.63) is 54.2 Å². The topological polar surface area (TPSA) is 127 Å². The Morgan fingerprint density at radius 2 is 2.11 bits per heavy atom. The van der Waals surface area contributed by atoms with Gasteiger partial charge < -0.3 is 25.4 Å². The van der Waals surface area contributed by atoms with Gasteiger partial charge in [0.1, 0.15) is 35.8 Å². The van der Waals surface area contributed by atoms with E-state index >= 15 is 4.39 Å². The van der Waals surface area contributed by atoms with Gasteiger partial charge in [-0.15, -0.1) is 0 Å². The summed E-state index contributed by atoms with van der Waals surface area (Å²) in [5, 5.41) is 3.10. The molecule has 12 heteroatoms. The maximum atomic E-state index is 15.3. The van der Waals surface area contributed by atoms with Gasteiger partial charge in [-0.25, -0.2) is 29.3 Å². The van der Waals surface area contributed by atoms with Gasteiger partial charge in [-0.1, -0.05) is 0 Å². The first-order chi connectivity index (χ1) is 18.5. The van der Waals surface area contributed by atoms with E-state index in [9.17, 15) is 0 Å². The van der Waals surface area contributed by atoms with Crippen molar-refractivity contribution in [2.75, 3.05) is 43.5 Å². The lowest BCUT2D eigenvalue weighted by atomic mass is 10.2. The first-order valence-electron chi connectivity index (χ1n) is 12.2. The van der Waals surface area contributed by atoms with Crippen LogP contribution in [0.5, 0.6) is 17.2 Å². The number of aliphatic imine (C=N–C) groups is 1.